The molecule has 6 heteroatoms. The van der Waals surface area contributed by atoms with Crippen molar-refractivity contribution in [3.8, 4) is 17.0 Å². The Morgan fingerprint density at radius 1 is 1.11 bits per heavy atom. The van der Waals surface area contributed by atoms with E-state index < -0.39 is 0 Å². The fourth-order valence-corrected chi connectivity index (χ4v) is 2.84. The van der Waals surface area contributed by atoms with E-state index in [1.165, 1.54) is 22.5 Å². The molecule has 1 heterocycles. The number of nitrogens with zero attached hydrogens (tertiary/aromatic N) is 2. The summed E-state index contributed by atoms with van der Waals surface area (Å²) in [7, 11) is 1.60. The molecule has 0 bridgehead atoms. The quantitative estimate of drug-likeness (QED) is 0.613. The lowest BCUT2D eigenvalue weighted by Crippen LogP contribution is -2.32. The van der Waals surface area contributed by atoms with E-state index >= 15 is 0 Å². The highest BCUT2D eigenvalue weighted by molar-refractivity contribution is 5.75. The number of carbonyl (C=O) groups is 1. The van der Waals surface area contributed by atoms with Crippen molar-refractivity contribution < 1.29 is 9.53 Å². The van der Waals surface area contributed by atoms with Crippen LogP contribution < -0.4 is 15.6 Å². The first kappa shape index (κ1) is 19.4. The number of hydrogen-bond acceptors (Lipinski definition) is 4. The predicted molar refractivity (Wildman–Crippen MR) is 108 cm³/mol. The number of aryl methyl sites for hydroxylation is 1. The molecule has 0 unspecified atom stereocenters. The number of aromatic nitrogens is 2. The van der Waals surface area contributed by atoms with E-state index in [9.17, 15) is 9.59 Å². The zero-order valence-electron chi connectivity index (χ0n) is 15.8. The van der Waals surface area contributed by atoms with Crippen molar-refractivity contribution in [3.05, 3.63) is 82.9 Å². The summed E-state index contributed by atoms with van der Waals surface area (Å²) in [6, 6.07) is 18.9. The highest BCUT2D eigenvalue weighted by Crippen LogP contribution is 2.19. The summed E-state index contributed by atoms with van der Waals surface area (Å²) in [6.45, 7) is 0.528. The maximum absolute atomic E-state index is 12.3. The van der Waals surface area contributed by atoms with Crippen LogP contribution in [0.1, 0.15) is 12.0 Å². The summed E-state index contributed by atoms with van der Waals surface area (Å²) in [5.41, 5.74) is 2.36. The maximum Gasteiger partial charge on any atom is 0.254 e. The van der Waals surface area contributed by atoms with Gasteiger partial charge in [0.2, 0.25) is 5.91 Å². The van der Waals surface area contributed by atoms with Gasteiger partial charge < -0.3 is 10.1 Å². The van der Waals surface area contributed by atoms with Gasteiger partial charge in [0, 0.05) is 18.2 Å². The van der Waals surface area contributed by atoms with Crippen LogP contribution in [0.25, 0.3) is 11.3 Å². The maximum atomic E-state index is 12.3. The molecule has 6 nitrogen and oxygen atoms in total. The van der Waals surface area contributed by atoms with Crippen molar-refractivity contribution >= 4 is 5.91 Å². The van der Waals surface area contributed by atoms with Gasteiger partial charge in [-0.15, -0.1) is 0 Å². The van der Waals surface area contributed by atoms with Crippen molar-refractivity contribution in [2.45, 2.75) is 19.4 Å². The molecule has 3 aromatic rings. The average Bonchev–Trinajstić information content (AvgIpc) is 2.73. The highest BCUT2D eigenvalue weighted by atomic mass is 16.5. The van der Waals surface area contributed by atoms with Crippen LogP contribution in [0.15, 0.2) is 71.8 Å². The molecule has 0 saturated heterocycles. The van der Waals surface area contributed by atoms with E-state index in [0.29, 0.717) is 12.2 Å². The van der Waals surface area contributed by atoms with Gasteiger partial charge in [0.05, 0.1) is 19.1 Å². The van der Waals surface area contributed by atoms with Gasteiger partial charge in [0.25, 0.3) is 5.56 Å². The standard InChI is InChI=1S/C22H23N3O3/c1-28-19-11-9-18(10-12-19)20-14-22(27)25(16-24-20)15-21(26)23-13-5-8-17-6-3-2-4-7-17/h2-4,6-7,9-12,14,16H,5,8,13,15H2,1H3,(H,23,26). The predicted octanol–water partition coefficient (Wildman–Crippen LogP) is 2.67. The van der Waals surface area contributed by atoms with E-state index in [0.717, 1.165) is 24.2 Å². The van der Waals surface area contributed by atoms with Crippen molar-refractivity contribution in [3.63, 3.8) is 0 Å². The molecule has 3 rings (SSSR count). The Morgan fingerprint density at radius 2 is 1.86 bits per heavy atom. The molecule has 1 N–H and O–H groups in total. The molecule has 0 fully saturated rings. The minimum Gasteiger partial charge on any atom is -0.497 e. The van der Waals surface area contributed by atoms with Gasteiger partial charge in [-0.2, -0.15) is 0 Å². The number of hydrogen-bond donors (Lipinski definition) is 1. The second kappa shape index (κ2) is 9.50. The molecule has 0 aliphatic rings. The van der Waals surface area contributed by atoms with Crippen LogP contribution in [0.3, 0.4) is 0 Å². The number of rotatable bonds is 8. The molecule has 0 spiro atoms. The van der Waals surface area contributed by atoms with E-state index in [2.05, 4.69) is 22.4 Å². The van der Waals surface area contributed by atoms with E-state index in [-0.39, 0.29) is 18.0 Å². The average molecular weight is 377 g/mol. The fourth-order valence-electron chi connectivity index (χ4n) is 2.84. The Morgan fingerprint density at radius 3 is 2.54 bits per heavy atom. The Kier molecular flexibility index (Phi) is 6.57. The molecule has 0 aliphatic heterocycles. The van der Waals surface area contributed by atoms with Crippen LogP contribution in [0.5, 0.6) is 5.75 Å². The Bertz CT molecular complexity index is 966. The second-order valence-corrected chi connectivity index (χ2v) is 6.41. The number of benzene rings is 2. The van der Waals surface area contributed by atoms with E-state index in [1.54, 1.807) is 7.11 Å². The summed E-state index contributed by atoms with van der Waals surface area (Å²) in [4.78, 5) is 28.7. The number of amides is 1. The monoisotopic (exact) mass is 377 g/mol. The Balaban J connectivity index is 1.52. The number of nitrogens with one attached hydrogen (secondary N) is 1. The largest absolute Gasteiger partial charge is 0.497 e. The smallest absolute Gasteiger partial charge is 0.254 e. The molecule has 0 saturated carbocycles. The van der Waals surface area contributed by atoms with Gasteiger partial charge in [-0.3, -0.25) is 14.2 Å². The van der Waals surface area contributed by atoms with Crippen molar-refractivity contribution in [1.29, 1.82) is 0 Å². The van der Waals surface area contributed by atoms with Crippen LogP contribution >= 0.6 is 0 Å². The summed E-state index contributed by atoms with van der Waals surface area (Å²) >= 11 is 0. The number of carbonyl (C=O) groups excluding carboxylic acids is 1. The van der Waals surface area contributed by atoms with E-state index in [4.69, 9.17) is 4.74 Å². The van der Waals surface area contributed by atoms with Gasteiger partial charge in [-0.05, 0) is 42.7 Å². The topological polar surface area (TPSA) is 73.2 Å². The molecular weight excluding hydrogens is 354 g/mol. The molecule has 2 aromatic carbocycles. The fraction of sp³-hybridized carbons (Fsp3) is 0.227. The highest BCUT2D eigenvalue weighted by Gasteiger charge is 2.07. The first-order valence-electron chi connectivity index (χ1n) is 9.17. The molecule has 0 atom stereocenters. The minimum atomic E-state index is -0.264. The number of ether oxygens (including phenoxy) is 1. The van der Waals surface area contributed by atoms with Crippen LogP contribution in [0.4, 0.5) is 0 Å². The summed E-state index contributed by atoms with van der Waals surface area (Å²) in [5, 5.41) is 2.85. The van der Waals surface area contributed by atoms with Crippen molar-refractivity contribution in [2.75, 3.05) is 13.7 Å². The van der Waals surface area contributed by atoms with E-state index in [1.807, 2.05) is 42.5 Å². The van der Waals surface area contributed by atoms with Crippen LogP contribution in [-0.4, -0.2) is 29.1 Å². The van der Waals surface area contributed by atoms with Gasteiger partial charge in [0.1, 0.15) is 12.3 Å². The van der Waals surface area contributed by atoms with Crippen LogP contribution in [0.2, 0.25) is 0 Å². The lowest BCUT2D eigenvalue weighted by Gasteiger charge is -2.08. The summed E-state index contributed by atoms with van der Waals surface area (Å²) in [5.74, 6) is 0.537. The Labute approximate surface area is 163 Å². The molecule has 1 amide bonds. The molecule has 0 aliphatic carbocycles. The summed E-state index contributed by atoms with van der Waals surface area (Å²) < 4.78 is 6.43. The van der Waals surface area contributed by atoms with Gasteiger partial charge >= 0.3 is 0 Å². The zero-order valence-corrected chi connectivity index (χ0v) is 15.8. The SMILES string of the molecule is COc1ccc(-c2cc(=O)n(CC(=O)NCCCc3ccccc3)cn2)cc1. The van der Waals surface area contributed by atoms with Crippen LogP contribution in [-0.2, 0) is 17.8 Å². The molecular formula is C22H23N3O3. The third-order valence-corrected chi connectivity index (χ3v) is 4.39. The molecule has 144 valence electrons. The summed E-state index contributed by atoms with van der Waals surface area (Å²) in [6.07, 6.45) is 3.16. The first-order valence-corrected chi connectivity index (χ1v) is 9.17. The van der Waals surface area contributed by atoms with Crippen LogP contribution in [0, 0.1) is 0 Å². The lowest BCUT2D eigenvalue weighted by molar-refractivity contribution is -0.121. The van der Waals surface area contributed by atoms with Crippen molar-refractivity contribution in [1.82, 2.24) is 14.9 Å². The third-order valence-electron chi connectivity index (χ3n) is 4.39. The molecule has 1 aromatic heterocycles. The van der Waals surface area contributed by atoms with Gasteiger partial charge in [-0.25, -0.2) is 4.98 Å². The first-order chi connectivity index (χ1) is 13.7. The van der Waals surface area contributed by atoms with Gasteiger partial charge in [0.15, 0.2) is 0 Å². The Hall–Kier alpha value is -3.41. The molecule has 28 heavy (non-hydrogen) atoms. The normalized spacial score (nSPS) is 10.5. The lowest BCUT2D eigenvalue weighted by atomic mass is 10.1. The third kappa shape index (κ3) is 5.30. The minimum absolute atomic E-state index is 0.0416. The number of methoxy groups -OCH3 is 1. The second-order valence-electron chi connectivity index (χ2n) is 6.41. The zero-order chi connectivity index (χ0) is 19.8. The van der Waals surface area contributed by atoms with Crippen molar-refractivity contribution in [2.24, 2.45) is 0 Å². The molecule has 0 radical (unpaired) electrons. The van der Waals surface area contributed by atoms with Gasteiger partial charge in [-0.1, -0.05) is 30.3 Å².